The van der Waals surface area contributed by atoms with Crippen molar-refractivity contribution in [3.8, 4) is 5.75 Å². The van der Waals surface area contributed by atoms with Crippen LogP contribution in [0.2, 0.25) is 0 Å². The number of ether oxygens (including phenoxy) is 1. The molecule has 3 rings (SSSR count). The predicted octanol–water partition coefficient (Wildman–Crippen LogP) is 2.61. The summed E-state index contributed by atoms with van der Waals surface area (Å²) >= 11 is 0. The number of fused-ring (bicyclic) bond motifs is 1. The summed E-state index contributed by atoms with van der Waals surface area (Å²) in [5.74, 6) is 0.296. The molecular weight excluding hydrogens is 318 g/mol. The van der Waals surface area contributed by atoms with Gasteiger partial charge in [0.2, 0.25) is 0 Å². The number of hydrogen-bond donors (Lipinski definition) is 2. The van der Waals surface area contributed by atoms with E-state index in [2.05, 4.69) is 15.5 Å². The third-order valence-corrected chi connectivity index (χ3v) is 3.84. The van der Waals surface area contributed by atoms with Crippen LogP contribution in [-0.2, 0) is 0 Å². The van der Waals surface area contributed by atoms with Crippen molar-refractivity contribution < 1.29 is 9.53 Å². The number of aromatic nitrogens is 1. The van der Waals surface area contributed by atoms with E-state index >= 15 is 0 Å². The smallest absolute Gasteiger partial charge is 0.271 e. The topological polar surface area (TPSA) is 83.5 Å². The summed E-state index contributed by atoms with van der Waals surface area (Å²) in [6.07, 6.45) is 1.34. The lowest BCUT2D eigenvalue weighted by Crippen LogP contribution is -2.19. The van der Waals surface area contributed by atoms with Gasteiger partial charge in [-0.25, -0.2) is 5.43 Å². The van der Waals surface area contributed by atoms with Crippen LogP contribution in [0, 0.1) is 6.92 Å². The summed E-state index contributed by atoms with van der Waals surface area (Å²) in [5.41, 5.74) is 4.75. The van der Waals surface area contributed by atoms with Crippen molar-refractivity contribution in [2.24, 2.45) is 5.10 Å². The number of rotatable bonds is 4. The molecule has 0 aliphatic carbocycles. The number of methoxy groups -OCH3 is 1. The van der Waals surface area contributed by atoms with Crippen LogP contribution in [-0.4, -0.2) is 24.2 Å². The number of aromatic amines is 1. The minimum absolute atomic E-state index is 0.260. The normalized spacial score (nSPS) is 11.0. The molecule has 0 aliphatic heterocycles. The zero-order valence-electron chi connectivity index (χ0n) is 13.9. The molecule has 0 saturated carbocycles. The highest BCUT2D eigenvalue weighted by Gasteiger charge is 2.05. The fourth-order valence-corrected chi connectivity index (χ4v) is 2.46. The number of H-pyrrole nitrogens is 1. The van der Waals surface area contributed by atoms with Gasteiger partial charge >= 0.3 is 0 Å². The number of aryl methyl sites for hydroxylation is 1. The van der Waals surface area contributed by atoms with Gasteiger partial charge in [-0.2, -0.15) is 5.10 Å². The van der Waals surface area contributed by atoms with Crippen molar-refractivity contribution in [2.45, 2.75) is 6.92 Å². The van der Waals surface area contributed by atoms with E-state index in [1.165, 1.54) is 6.21 Å². The van der Waals surface area contributed by atoms with Crippen LogP contribution in [0.1, 0.15) is 21.5 Å². The Morgan fingerprint density at radius 2 is 1.96 bits per heavy atom. The molecule has 0 atom stereocenters. The number of carbonyl (C=O) groups is 1. The van der Waals surface area contributed by atoms with Gasteiger partial charge < -0.3 is 9.72 Å². The molecule has 1 amide bonds. The van der Waals surface area contributed by atoms with E-state index in [0.717, 1.165) is 16.5 Å². The molecule has 0 spiro atoms. The summed E-state index contributed by atoms with van der Waals surface area (Å²) < 4.78 is 5.05. The van der Waals surface area contributed by atoms with Crippen LogP contribution in [0.5, 0.6) is 5.75 Å². The average Bonchev–Trinajstić information content (AvgIpc) is 2.63. The second kappa shape index (κ2) is 7.00. The standard InChI is InChI=1S/C19H17N3O3/c1-12-4-3-5-14-10-15(18(23)21-17(12)14)11-20-22-19(24)13-6-8-16(25-2)9-7-13/h3-11H,1-2H3,(H,21,23)(H,22,24)/b20-11-. The molecule has 25 heavy (non-hydrogen) atoms. The van der Waals surface area contributed by atoms with E-state index in [4.69, 9.17) is 4.74 Å². The quantitative estimate of drug-likeness (QED) is 0.568. The predicted molar refractivity (Wildman–Crippen MR) is 97.4 cm³/mol. The Hall–Kier alpha value is -3.41. The van der Waals surface area contributed by atoms with Gasteiger partial charge in [-0.1, -0.05) is 18.2 Å². The van der Waals surface area contributed by atoms with Crippen LogP contribution < -0.4 is 15.7 Å². The first-order chi connectivity index (χ1) is 12.1. The van der Waals surface area contributed by atoms with Gasteiger partial charge in [0.1, 0.15) is 5.75 Å². The van der Waals surface area contributed by atoms with Gasteiger partial charge in [0.15, 0.2) is 0 Å². The van der Waals surface area contributed by atoms with Crippen molar-refractivity contribution in [3.63, 3.8) is 0 Å². The van der Waals surface area contributed by atoms with E-state index in [1.807, 2.05) is 25.1 Å². The van der Waals surface area contributed by atoms with Crippen LogP contribution in [0.4, 0.5) is 0 Å². The summed E-state index contributed by atoms with van der Waals surface area (Å²) in [6.45, 7) is 1.93. The van der Waals surface area contributed by atoms with Crippen molar-refractivity contribution in [2.75, 3.05) is 7.11 Å². The molecule has 0 unspecified atom stereocenters. The highest BCUT2D eigenvalue weighted by atomic mass is 16.5. The molecule has 2 aromatic carbocycles. The average molecular weight is 335 g/mol. The molecule has 0 fully saturated rings. The number of hydrazone groups is 1. The van der Waals surface area contributed by atoms with E-state index in [9.17, 15) is 9.59 Å². The minimum Gasteiger partial charge on any atom is -0.497 e. The molecule has 0 saturated heterocycles. The highest BCUT2D eigenvalue weighted by molar-refractivity contribution is 5.95. The van der Waals surface area contributed by atoms with Crippen LogP contribution >= 0.6 is 0 Å². The van der Waals surface area contributed by atoms with E-state index in [-0.39, 0.29) is 11.5 Å². The third-order valence-electron chi connectivity index (χ3n) is 3.84. The van der Waals surface area contributed by atoms with E-state index < -0.39 is 0 Å². The molecule has 1 heterocycles. The Morgan fingerprint density at radius 3 is 2.68 bits per heavy atom. The number of nitrogens with one attached hydrogen (secondary N) is 2. The molecule has 1 aromatic heterocycles. The molecule has 2 N–H and O–H groups in total. The molecule has 6 heteroatoms. The maximum absolute atomic E-state index is 12.1. The number of benzene rings is 2. The van der Waals surface area contributed by atoms with Crippen molar-refractivity contribution in [3.05, 3.63) is 75.6 Å². The van der Waals surface area contributed by atoms with E-state index in [0.29, 0.717) is 16.9 Å². The molecule has 126 valence electrons. The fraction of sp³-hybridized carbons (Fsp3) is 0.105. The summed E-state index contributed by atoms with van der Waals surface area (Å²) in [6, 6.07) is 14.1. The Kier molecular flexibility index (Phi) is 4.61. The number of amides is 1. The van der Waals surface area contributed by atoms with Gasteiger partial charge in [0.05, 0.1) is 24.4 Å². The molecule has 0 radical (unpaired) electrons. The monoisotopic (exact) mass is 335 g/mol. The lowest BCUT2D eigenvalue weighted by atomic mass is 10.1. The molecule has 0 aliphatic rings. The maximum atomic E-state index is 12.1. The van der Waals surface area contributed by atoms with Gasteiger partial charge in [0, 0.05) is 5.56 Å². The Bertz CT molecular complexity index is 1000. The van der Waals surface area contributed by atoms with Crippen molar-refractivity contribution >= 4 is 23.0 Å². The number of hydrogen-bond acceptors (Lipinski definition) is 4. The second-order valence-corrected chi connectivity index (χ2v) is 5.52. The number of pyridine rings is 1. The lowest BCUT2D eigenvalue weighted by Gasteiger charge is -2.03. The summed E-state index contributed by atoms with van der Waals surface area (Å²) in [5, 5.41) is 4.78. The lowest BCUT2D eigenvalue weighted by molar-refractivity contribution is 0.0955. The molecule has 0 bridgehead atoms. The first kappa shape index (κ1) is 16.4. The minimum atomic E-state index is -0.369. The maximum Gasteiger partial charge on any atom is 0.271 e. The molecular formula is C19H17N3O3. The SMILES string of the molecule is COc1ccc(C(=O)N/N=C\c2cc3cccc(C)c3[nH]c2=O)cc1. The Balaban J connectivity index is 1.77. The first-order valence-corrected chi connectivity index (χ1v) is 7.68. The third kappa shape index (κ3) is 3.58. The first-order valence-electron chi connectivity index (χ1n) is 7.68. The van der Waals surface area contributed by atoms with E-state index in [1.54, 1.807) is 37.4 Å². The highest BCUT2D eigenvalue weighted by Crippen LogP contribution is 2.14. The second-order valence-electron chi connectivity index (χ2n) is 5.52. The van der Waals surface area contributed by atoms with Crippen molar-refractivity contribution in [1.29, 1.82) is 0 Å². The van der Waals surface area contributed by atoms with Gasteiger partial charge in [-0.3, -0.25) is 9.59 Å². The van der Waals surface area contributed by atoms with Crippen LogP contribution in [0.25, 0.3) is 10.9 Å². The molecule has 6 nitrogen and oxygen atoms in total. The van der Waals surface area contributed by atoms with Gasteiger partial charge in [-0.15, -0.1) is 0 Å². The molecule has 3 aromatic rings. The fourth-order valence-electron chi connectivity index (χ4n) is 2.46. The zero-order valence-corrected chi connectivity index (χ0v) is 13.9. The van der Waals surface area contributed by atoms with Gasteiger partial charge in [0.25, 0.3) is 11.5 Å². The summed E-state index contributed by atoms with van der Waals surface area (Å²) in [7, 11) is 1.56. The Morgan fingerprint density at radius 1 is 1.20 bits per heavy atom. The van der Waals surface area contributed by atoms with Crippen LogP contribution in [0.15, 0.2) is 58.4 Å². The number of carbonyl (C=O) groups excluding carboxylic acids is 1. The van der Waals surface area contributed by atoms with Gasteiger partial charge in [-0.05, 0) is 48.2 Å². The van der Waals surface area contributed by atoms with Crippen LogP contribution in [0.3, 0.4) is 0 Å². The summed E-state index contributed by atoms with van der Waals surface area (Å²) in [4.78, 5) is 27.0. The number of nitrogens with zero attached hydrogens (tertiary/aromatic N) is 1. The van der Waals surface area contributed by atoms with Crippen molar-refractivity contribution in [1.82, 2.24) is 10.4 Å². The largest absolute Gasteiger partial charge is 0.497 e. The number of para-hydroxylation sites is 1. The Labute approximate surface area is 144 Å². The zero-order chi connectivity index (χ0) is 17.8.